The lowest BCUT2D eigenvalue weighted by atomic mass is 10.2. The summed E-state index contributed by atoms with van der Waals surface area (Å²) in [5, 5.41) is 14.7. The van der Waals surface area contributed by atoms with Gasteiger partial charge in [-0.1, -0.05) is 6.07 Å². The zero-order valence-corrected chi connectivity index (χ0v) is 11.5. The second-order valence-electron chi connectivity index (χ2n) is 3.88. The van der Waals surface area contributed by atoms with Gasteiger partial charge < -0.3 is 5.32 Å². The molecule has 7 heteroatoms. The van der Waals surface area contributed by atoms with Crippen LogP contribution >= 0.6 is 22.9 Å². The number of nitrogens with one attached hydrogen (secondary N) is 1. The minimum absolute atomic E-state index is 0.0642. The van der Waals surface area contributed by atoms with Gasteiger partial charge in [0.1, 0.15) is 28.1 Å². The van der Waals surface area contributed by atoms with Crippen molar-refractivity contribution < 1.29 is 4.39 Å². The number of fused-ring (bicyclic) bond motifs is 1. The summed E-state index contributed by atoms with van der Waals surface area (Å²) < 4.78 is 13.6. The minimum atomic E-state index is -0.584. The predicted octanol–water partition coefficient (Wildman–Crippen LogP) is 4.10. The van der Waals surface area contributed by atoms with Crippen LogP contribution < -0.4 is 5.32 Å². The molecular formula is C13H6ClFN4S. The number of hydrogen-bond acceptors (Lipinski definition) is 5. The third-order valence-corrected chi connectivity index (χ3v) is 3.65. The Morgan fingerprint density at radius 1 is 1.30 bits per heavy atom. The molecule has 0 radical (unpaired) electrons. The first-order valence-corrected chi connectivity index (χ1v) is 6.81. The number of nitrogens with zero attached hydrogens (tertiary/aromatic N) is 3. The van der Waals surface area contributed by atoms with Crippen LogP contribution in [0.5, 0.6) is 0 Å². The highest BCUT2D eigenvalue weighted by atomic mass is 35.5. The highest BCUT2D eigenvalue weighted by Gasteiger charge is 2.12. The number of benzene rings is 1. The molecule has 98 valence electrons. The van der Waals surface area contributed by atoms with Gasteiger partial charge in [-0.2, -0.15) is 10.2 Å². The van der Waals surface area contributed by atoms with E-state index < -0.39 is 5.82 Å². The summed E-state index contributed by atoms with van der Waals surface area (Å²) >= 11 is 7.28. The Kier molecular flexibility index (Phi) is 3.22. The van der Waals surface area contributed by atoms with Crippen molar-refractivity contribution in [2.24, 2.45) is 0 Å². The van der Waals surface area contributed by atoms with Crippen LogP contribution in [0.3, 0.4) is 0 Å². The third-order valence-electron chi connectivity index (χ3n) is 2.68. The Bertz CT molecular complexity index is 840. The smallest absolute Gasteiger partial charge is 0.225 e. The van der Waals surface area contributed by atoms with E-state index in [1.54, 1.807) is 6.07 Å². The summed E-state index contributed by atoms with van der Waals surface area (Å²) in [6, 6.07) is 8.03. The fourth-order valence-electron chi connectivity index (χ4n) is 1.79. The van der Waals surface area contributed by atoms with Crippen LogP contribution in [0.25, 0.3) is 10.2 Å². The number of aromatic nitrogens is 2. The Balaban J connectivity index is 2.13. The van der Waals surface area contributed by atoms with Crippen molar-refractivity contribution in [1.29, 1.82) is 5.26 Å². The summed E-state index contributed by atoms with van der Waals surface area (Å²) in [5.41, 5.74) is 0.278. The van der Waals surface area contributed by atoms with Crippen molar-refractivity contribution in [2.45, 2.75) is 0 Å². The lowest BCUT2D eigenvalue weighted by Gasteiger charge is -2.09. The molecule has 0 amide bonds. The summed E-state index contributed by atoms with van der Waals surface area (Å²) in [6.07, 6.45) is 0. The molecule has 0 saturated heterocycles. The largest absolute Gasteiger partial charge is 0.338 e. The van der Waals surface area contributed by atoms with Gasteiger partial charge in [-0.05, 0) is 35.2 Å². The topological polar surface area (TPSA) is 61.6 Å². The Morgan fingerprint density at radius 2 is 2.15 bits per heavy atom. The molecule has 0 aliphatic heterocycles. The van der Waals surface area contributed by atoms with Crippen molar-refractivity contribution in [3.05, 3.63) is 46.3 Å². The molecule has 0 saturated carbocycles. The molecule has 2 heterocycles. The summed E-state index contributed by atoms with van der Waals surface area (Å²) in [6.45, 7) is 0. The monoisotopic (exact) mass is 304 g/mol. The summed E-state index contributed by atoms with van der Waals surface area (Å²) in [4.78, 5) is 8.91. The van der Waals surface area contributed by atoms with E-state index >= 15 is 0 Å². The van der Waals surface area contributed by atoms with Gasteiger partial charge in [-0.15, -0.1) is 11.3 Å². The van der Waals surface area contributed by atoms with E-state index in [1.807, 2.05) is 17.5 Å². The molecule has 0 atom stereocenters. The Hall–Kier alpha value is -2.23. The van der Waals surface area contributed by atoms with E-state index in [2.05, 4.69) is 15.3 Å². The average Bonchev–Trinajstić information content (AvgIpc) is 2.87. The lowest BCUT2D eigenvalue weighted by molar-refractivity contribution is 0.624. The maximum atomic E-state index is 13.6. The fraction of sp³-hybridized carbons (Fsp3) is 0. The van der Waals surface area contributed by atoms with E-state index in [4.69, 9.17) is 16.9 Å². The number of halogens is 2. The van der Waals surface area contributed by atoms with Crippen molar-refractivity contribution in [1.82, 2.24) is 9.97 Å². The molecule has 1 aromatic carbocycles. The zero-order chi connectivity index (χ0) is 14.1. The maximum absolute atomic E-state index is 13.6. The SMILES string of the molecule is N#Cc1c(F)cccc1Nc1nc(Cl)nc2sccc12. The summed E-state index contributed by atoms with van der Waals surface area (Å²) in [7, 11) is 0. The molecule has 20 heavy (non-hydrogen) atoms. The zero-order valence-electron chi connectivity index (χ0n) is 9.89. The van der Waals surface area contributed by atoms with Crippen molar-refractivity contribution >= 4 is 44.7 Å². The lowest BCUT2D eigenvalue weighted by Crippen LogP contribution is -1.99. The Labute approximate surface area is 122 Å². The van der Waals surface area contributed by atoms with Crippen molar-refractivity contribution in [3.8, 4) is 6.07 Å². The van der Waals surface area contributed by atoms with Gasteiger partial charge in [0.25, 0.3) is 0 Å². The van der Waals surface area contributed by atoms with Crippen LogP contribution in [0.1, 0.15) is 5.56 Å². The van der Waals surface area contributed by atoms with E-state index in [0.717, 1.165) is 10.2 Å². The highest BCUT2D eigenvalue weighted by molar-refractivity contribution is 7.16. The number of rotatable bonds is 2. The molecule has 1 N–H and O–H groups in total. The van der Waals surface area contributed by atoms with Gasteiger partial charge in [-0.3, -0.25) is 0 Å². The standard InChI is InChI=1S/C13H6ClFN4S/c14-13-18-11(7-4-5-20-12(7)19-13)17-10-3-1-2-9(15)8(10)6-16/h1-5H,(H,17,18,19). The fourth-order valence-corrected chi connectivity index (χ4v) is 2.78. The van der Waals surface area contributed by atoms with Crippen LogP contribution in [0.4, 0.5) is 15.9 Å². The molecular weight excluding hydrogens is 299 g/mol. The number of thiophene rings is 1. The van der Waals surface area contributed by atoms with Gasteiger partial charge in [0.15, 0.2) is 0 Å². The van der Waals surface area contributed by atoms with Crippen molar-refractivity contribution in [2.75, 3.05) is 5.32 Å². The number of hydrogen-bond donors (Lipinski definition) is 1. The Morgan fingerprint density at radius 3 is 2.95 bits per heavy atom. The molecule has 0 unspecified atom stereocenters. The molecule has 0 spiro atoms. The molecule has 2 aromatic heterocycles. The second kappa shape index (κ2) is 5.04. The van der Waals surface area contributed by atoms with Crippen molar-refractivity contribution in [3.63, 3.8) is 0 Å². The van der Waals surface area contributed by atoms with Gasteiger partial charge in [0, 0.05) is 0 Å². The molecule has 0 aliphatic rings. The minimum Gasteiger partial charge on any atom is -0.338 e. The third kappa shape index (κ3) is 2.18. The van der Waals surface area contributed by atoms with Gasteiger partial charge >= 0.3 is 0 Å². The first kappa shape index (κ1) is 12.8. The first-order valence-electron chi connectivity index (χ1n) is 5.55. The molecule has 0 fully saturated rings. The first-order chi connectivity index (χ1) is 9.69. The molecule has 3 aromatic rings. The van der Waals surface area contributed by atoms with Crippen LogP contribution in [0, 0.1) is 17.1 Å². The highest BCUT2D eigenvalue weighted by Crippen LogP contribution is 2.30. The molecule has 0 aliphatic carbocycles. The van der Waals surface area contributed by atoms with Crippen LogP contribution in [0.2, 0.25) is 5.28 Å². The van der Waals surface area contributed by atoms with E-state index in [9.17, 15) is 4.39 Å². The average molecular weight is 305 g/mol. The molecule has 4 nitrogen and oxygen atoms in total. The quantitative estimate of drug-likeness (QED) is 0.724. The van der Waals surface area contributed by atoms with E-state index in [0.29, 0.717) is 11.5 Å². The second-order valence-corrected chi connectivity index (χ2v) is 5.11. The van der Waals surface area contributed by atoms with Gasteiger partial charge in [-0.25, -0.2) is 9.37 Å². The predicted molar refractivity (Wildman–Crippen MR) is 76.8 cm³/mol. The number of anilines is 2. The number of nitriles is 1. The normalized spacial score (nSPS) is 10.4. The van der Waals surface area contributed by atoms with Gasteiger partial charge in [0.05, 0.1) is 11.1 Å². The summed E-state index contributed by atoms with van der Waals surface area (Å²) in [5.74, 6) is -0.137. The van der Waals surface area contributed by atoms with Gasteiger partial charge in [0.2, 0.25) is 5.28 Å². The van der Waals surface area contributed by atoms with E-state index in [-0.39, 0.29) is 10.8 Å². The van der Waals surface area contributed by atoms with E-state index in [1.165, 1.54) is 23.5 Å². The van der Waals surface area contributed by atoms with Crippen LogP contribution in [-0.2, 0) is 0 Å². The maximum Gasteiger partial charge on any atom is 0.225 e. The molecule has 3 rings (SSSR count). The van der Waals surface area contributed by atoms with Crippen LogP contribution in [-0.4, -0.2) is 9.97 Å². The van der Waals surface area contributed by atoms with Crippen LogP contribution in [0.15, 0.2) is 29.6 Å². The molecule has 0 bridgehead atoms.